The molecular formula is C16H24N2O2. The average Bonchev–Trinajstić information content (AvgIpc) is 2.98. The second kappa shape index (κ2) is 8.02. The first-order valence-corrected chi connectivity index (χ1v) is 7.44. The molecule has 1 fully saturated rings. The molecule has 4 nitrogen and oxygen atoms in total. The zero-order chi connectivity index (χ0) is 14.2. The van der Waals surface area contributed by atoms with Crippen LogP contribution in [0.2, 0.25) is 0 Å². The van der Waals surface area contributed by atoms with Crippen molar-refractivity contribution in [3.63, 3.8) is 0 Å². The van der Waals surface area contributed by atoms with E-state index in [1.165, 1.54) is 5.56 Å². The van der Waals surface area contributed by atoms with Gasteiger partial charge in [0.1, 0.15) is 0 Å². The summed E-state index contributed by atoms with van der Waals surface area (Å²) in [6, 6.07) is 7.67. The van der Waals surface area contributed by atoms with Crippen molar-refractivity contribution in [2.24, 2.45) is 11.7 Å². The third kappa shape index (κ3) is 4.62. The monoisotopic (exact) mass is 276 g/mol. The molecule has 1 atom stereocenters. The highest BCUT2D eigenvalue weighted by Crippen LogP contribution is 2.17. The number of amides is 1. The quantitative estimate of drug-likeness (QED) is 0.746. The summed E-state index contributed by atoms with van der Waals surface area (Å²) < 4.78 is 5.34. The molecule has 2 rings (SSSR count). The number of hydrogen-bond acceptors (Lipinski definition) is 3. The summed E-state index contributed by atoms with van der Waals surface area (Å²) in [7, 11) is 0. The van der Waals surface area contributed by atoms with Gasteiger partial charge in [-0.15, -0.1) is 0 Å². The Bertz CT molecular complexity index is 411. The van der Waals surface area contributed by atoms with Crippen LogP contribution in [0, 0.1) is 5.92 Å². The van der Waals surface area contributed by atoms with Crippen molar-refractivity contribution >= 4 is 5.91 Å². The molecule has 1 saturated heterocycles. The van der Waals surface area contributed by atoms with E-state index in [0.717, 1.165) is 51.0 Å². The molecule has 20 heavy (non-hydrogen) atoms. The number of ether oxygens (including phenoxy) is 1. The minimum absolute atomic E-state index is 0.00645. The Labute approximate surface area is 120 Å². The van der Waals surface area contributed by atoms with Crippen LogP contribution in [0.5, 0.6) is 0 Å². The van der Waals surface area contributed by atoms with Crippen molar-refractivity contribution in [2.75, 3.05) is 26.3 Å². The summed E-state index contributed by atoms with van der Waals surface area (Å²) in [5.41, 5.74) is 7.39. The van der Waals surface area contributed by atoms with E-state index in [4.69, 9.17) is 10.5 Å². The molecule has 4 heteroatoms. The van der Waals surface area contributed by atoms with Gasteiger partial charge in [-0.05, 0) is 55.8 Å². The number of rotatable bonds is 7. The van der Waals surface area contributed by atoms with Crippen molar-refractivity contribution in [1.82, 2.24) is 5.32 Å². The maximum atomic E-state index is 11.9. The minimum atomic E-state index is 0.00645. The lowest BCUT2D eigenvalue weighted by Crippen LogP contribution is -2.24. The van der Waals surface area contributed by atoms with E-state index in [0.29, 0.717) is 12.5 Å². The van der Waals surface area contributed by atoms with Gasteiger partial charge in [-0.25, -0.2) is 0 Å². The minimum Gasteiger partial charge on any atom is -0.381 e. The predicted octanol–water partition coefficient (Wildman–Crippen LogP) is 1.73. The maximum Gasteiger partial charge on any atom is 0.251 e. The second-order valence-electron chi connectivity index (χ2n) is 5.36. The molecule has 0 saturated carbocycles. The summed E-state index contributed by atoms with van der Waals surface area (Å²) in [6.07, 6.45) is 4.17. The molecule has 0 spiro atoms. The van der Waals surface area contributed by atoms with Crippen molar-refractivity contribution in [2.45, 2.75) is 25.7 Å². The van der Waals surface area contributed by atoms with E-state index in [9.17, 15) is 4.79 Å². The molecule has 0 unspecified atom stereocenters. The van der Waals surface area contributed by atoms with Crippen molar-refractivity contribution in [3.8, 4) is 0 Å². The standard InChI is InChI=1S/C16H24N2O2/c17-9-7-13-3-5-15(6-4-13)16(19)18-10-1-2-14-8-11-20-12-14/h3-6,14H,1-2,7-12,17H2,(H,18,19)/t14-/m1/s1. The van der Waals surface area contributed by atoms with Gasteiger partial charge >= 0.3 is 0 Å². The summed E-state index contributed by atoms with van der Waals surface area (Å²) in [4.78, 5) is 11.9. The van der Waals surface area contributed by atoms with E-state index < -0.39 is 0 Å². The number of carbonyl (C=O) groups excluding carboxylic acids is 1. The van der Waals surface area contributed by atoms with Gasteiger partial charge in [0.25, 0.3) is 5.91 Å². The fraction of sp³-hybridized carbons (Fsp3) is 0.562. The highest BCUT2D eigenvalue weighted by atomic mass is 16.5. The summed E-state index contributed by atoms with van der Waals surface area (Å²) in [5, 5.41) is 2.97. The van der Waals surface area contributed by atoms with Gasteiger partial charge < -0.3 is 15.8 Å². The molecule has 1 aliphatic rings. The first-order chi connectivity index (χ1) is 9.79. The fourth-order valence-electron chi connectivity index (χ4n) is 2.50. The third-order valence-corrected chi connectivity index (χ3v) is 3.75. The zero-order valence-corrected chi connectivity index (χ0v) is 11.9. The van der Waals surface area contributed by atoms with E-state index >= 15 is 0 Å². The van der Waals surface area contributed by atoms with Crippen LogP contribution >= 0.6 is 0 Å². The number of carbonyl (C=O) groups is 1. The normalized spacial score (nSPS) is 18.1. The average molecular weight is 276 g/mol. The molecule has 0 radical (unpaired) electrons. The summed E-state index contributed by atoms with van der Waals surface area (Å²) >= 11 is 0. The molecule has 1 aromatic carbocycles. The molecule has 1 heterocycles. The fourth-order valence-corrected chi connectivity index (χ4v) is 2.50. The van der Waals surface area contributed by atoms with Crippen LogP contribution in [-0.2, 0) is 11.2 Å². The Kier molecular flexibility index (Phi) is 6.02. The zero-order valence-electron chi connectivity index (χ0n) is 11.9. The van der Waals surface area contributed by atoms with E-state index in [2.05, 4.69) is 5.32 Å². The summed E-state index contributed by atoms with van der Waals surface area (Å²) in [6.45, 7) is 3.15. The van der Waals surface area contributed by atoms with Gasteiger partial charge in [0.2, 0.25) is 0 Å². The molecule has 1 aromatic rings. The van der Waals surface area contributed by atoms with Crippen LogP contribution in [0.3, 0.4) is 0 Å². The van der Waals surface area contributed by atoms with Crippen molar-refractivity contribution in [3.05, 3.63) is 35.4 Å². The Morgan fingerprint density at radius 1 is 1.35 bits per heavy atom. The van der Waals surface area contributed by atoms with Crippen LogP contribution in [0.25, 0.3) is 0 Å². The van der Waals surface area contributed by atoms with Crippen LogP contribution in [0.15, 0.2) is 24.3 Å². The predicted molar refractivity (Wildman–Crippen MR) is 79.7 cm³/mol. The van der Waals surface area contributed by atoms with Crippen LogP contribution in [-0.4, -0.2) is 32.2 Å². The SMILES string of the molecule is NCCc1ccc(C(=O)NCCC[C@@H]2CCOC2)cc1. The van der Waals surface area contributed by atoms with Gasteiger partial charge in [-0.1, -0.05) is 12.1 Å². The Balaban J connectivity index is 1.68. The molecule has 0 aliphatic carbocycles. The Morgan fingerprint density at radius 3 is 2.80 bits per heavy atom. The highest BCUT2D eigenvalue weighted by Gasteiger charge is 2.14. The number of benzene rings is 1. The van der Waals surface area contributed by atoms with Crippen LogP contribution in [0.4, 0.5) is 0 Å². The smallest absolute Gasteiger partial charge is 0.251 e. The van der Waals surface area contributed by atoms with Crippen LogP contribution < -0.4 is 11.1 Å². The Morgan fingerprint density at radius 2 is 2.15 bits per heavy atom. The van der Waals surface area contributed by atoms with E-state index in [1.54, 1.807) is 0 Å². The second-order valence-corrected chi connectivity index (χ2v) is 5.36. The van der Waals surface area contributed by atoms with Gasteiger partial charge in [-0.2, -0.15) is 0 Å². The lowest BCUT2D eigenvalue weighted by atomic mass is 10.0. The van der Waals surface area contributed by atoms with Crippen molar-refractivity contribution < 1.29 is 9.53 Å². The molecule has 0 bridgehead atoms. The molecular weight excluding hydrogens is 252 g/mol. The third-order valence-electron chi connectivity index (χ3n) is 3.75. The van der Waals surface area contributed by atoms with Gasteiger partial charge in [0, 0.05) is 25.3 Å². The van der Waals surface area contributed by atoms with Gasteiger partial charge in [0.15, 0.2) is 0 Å². The molecule has 110 valence electrons. The highest BCUT2D eigenvalue weighted by molar-refractivity contribution is 5.94. The van der Waals surface area contributed by atoms with Gasteiger partial charge in [-0.3, -0.25) is 4.79 Å². The number of nitrogens with one attached hydrogen (secondary N) is 1. The first kappa shape index (κ1) is 15.0. The maximum absolute atomic E-state index is 11.9. The Hall–Kier alpha value is -1.39. The number of nitrogens with two attached hydrogens (primary N) is 1. The van der Waals surface area contributed by atoms with Gasteiger partial charge in [0.05, 0.1) is 0 Å². The number of hydrogen-bond donors (Lipinski definition) is 2. The molecule has 3 N–H and O–H groups in total. The largest absolute Gasteiger partial charge is 0.381 e. The van der Waals surface area contributed by atoms with Crippen molar-refractivity contribution in [1.29, 1.82) is 0 Å². The summed E-state index contributed by atoms with van der Waals surface area (Å²) in [5.74, 6) is 0.689. The first-order valence-electron chi connectivity index (χ1n) is 7.44. The lowest BCUT2D eigenvalue weighted by molar-refractivity contribution is 0.0952. The lowest BCUT2D eigenvalue weighted by Gasteiger charge is -2.08. The van der Waals surface area contributed by atoms with E-state index in [1.807, 2.05) is 24.3 Å². The van der Waals surface area contributed by atoms with E-state index in [-0.39, 0.29) is 5.91 Å². The van der Waals surface area contributed by atoms with Crippen LogP contribution in [0.1, 0.15) is 35.2 Å². The molecule has 1 amide bonds. The molecule has 0 aromatic heterocycles. The topological polar surface area (TPSA) is 64.4 Å². The molecule has 1 aliphatic heterocycles.